The molecular weight excluding hydrogens is 324 g/mol. The predicted octanol–water partition coefficient (Wildman–Crippen LogP) is 0.507. The van der Waals surface area contributed by atoms with E-state index >= 15 is 0 Å². The molecule has 124 valence electrons. The van der Waals surface area contributed by atoms with Gasteiger partial charge in [-0.25, -0.2) is 8.42 Å². The summed E-state index contributed by atoms with van der Waals surface area (Å²) in [5, 5.41) is 10.7. The van der Waals surface area contributed by atoms with E-state index in [0.717, 1.165) is 6.07 Å². The second-order valence-corrected chi connectivity index (χ2v) is 7.37. The van der Waals surface area contributed by atoms with Crippen molar-refractivity contribution in [3.8, 4) is 0 Å². The topological polar surface area (TPSA) is 159 Å². The Morgan fingerprint density at radius 1 is 1.39 bits per heavy atom. The number of amides is 1. The maximum absolute atomic E-state index is 12.4. The molecule has 0 aliphatic heterocycles. The summed E-state index contributed by atoms with van der Waals surface area (Å²) in [5.41, 5.74) is 9.91. The summed E-state index contributed by atoms with van der Waals surface area (Å²) in [6.45, 7) is 1.70. The Morgan fingerprint density at radius 3 is 2.43 bits per heavy atom. The molecule has 1 amide bonds. The molecule has 10 heteroatoms. The number of benzene rings is 1. The van der Waals surface area contributed by atoms with Crippen LogP contribution in [0.4, 0.5) is 5.69 Å². The molecule has 1 aliphatic rings. The number of aryl methyl sites for hydroxylation is 1. The summed E-state index contributed by atoms with van der Waals surface area (Å²) in [7, 11) is -3.78. The highest BCUT2D eigenvalue weighted by Crippen LogP contribution is 2.38. The van der Waals surface area contributed by atoms with Gasteiger partial charge in [-0.05, 0) is 30.9 Å². The van der Waals surface area contributed by atoms with E-state index in [-0.39, 0.29) is 10.5 Å². The van der Waals surface area contributed by atoms with Gasteiger partial charge in [-0.1, -0.05) is 6.92 Å². The van der Waals surface area contributed by atoms with Crippen LogP contribution in [-0.4, -0.2) is 30.5 Å². The fourth-order valence-corrected chi connectivity index (χ4v) is 4.06. The molecular formula is C13H16N4O5S. The second kappa shape index (κ2) is 5.95. The number of carbonyl (C=O) groups excluding carboxylic acids is 1. The zero-order chi connectivity index (χ0) is 17.4. The molecule has 1 aromatic rings. The van der Waals surface area contributed by atoms with Crippen LogP contribution in [0.15, 0.2) is 22.0 Å². The zero-order valence-corrected chi connectivity index (χ0v) is 13.2. The number of nitro benzene ring substituents is 1. The number of hydrogen-bond donors (Lipinski definition) is 2. The lowest BCUT2D eigenvalue weighted by Crippen LogP contribution is -2.24. The van der Waals surface area contributed by atoms with Gasteiger partial charge >= 0.3 is 0 Å². The van der Waals surface area contributed by atoms with Crippen molar-refractivity contribution >= 4 is 27.4 Å². The van der Waals surface area contributed by atoms with Crippen molar-refractivity contribution in [3.63, 3.8) is 0 Å². The van der Waals surface area contributed by atoms with Crippen molar-refractivity contribution in [1.82, 2.24) is 0 Å². The summed E-state index contributed by atoms with van der Waals surface area (Å²) < 4.78 is 24.8. The van der Waals surface area contributed by atoms with Crippen LogP contribution in [0, 0.1) is 10.1 Å². The lowest BCUT2D eigenvalue weighted by Gasteiger charge is -2.10. The number of carbonyl (C=O) groups is 1. The average Bonchev–Trinajstić information content (AvgIpc) is 3.29. The van der Waals surface area contributed by atoms with Crippen LogP contribution in [0.25, 0.3) is 0 Å². The normalized spacial score (nSPS) is 14.3. The Hall–Kier alpha value is -2.49. The van der Waals surface area contributed by atoms with E-state index in [9.17, 15) is 23.3 Å². The van der Waals surface area contributed by atoms with Gasteiger partial charge in [0.1, 0.15) is 4.90 Å². The molecule has 1 fully saturated rings. The highest BCUT2D eigenvalue weighted by Gasteiger charge is 2.41. The summed E-state index contributed by atoms with van der Waals surface area (Å²) >= 11 is 0. The number of nitrogens with zero attached hydrogens (tertiary/aromatic N) is 2. The first-order valence-electron chi connectivity index (χ1n) is 6.87. The van der Waals surface area contributed by atoms with E-state index in [4.69, 9.17) is 11.5 Å². The van der Waals surface area contributed by atoms with Crippen LogP contribution < -0.4 is 11.5 Å². The molecule has 0 bridgehead atoms. The van der Waals surface area contributed by atoms with E-state index in [1.165, 1.54) is 6.07 Å². The molecule has 1 aliphatic carbocycles. The minimum absolute atomic E-state index is 0.0812. The number of aliphatic imine (C=N–C) groups is 1. The third-order valence-electron chi connectivity index (χ3n) is 3.49. The van der Waals surface area contributed by atoms with Crippen LogP contribution in [0.3, 0.4) is 0 Å². The summed E-state index contributed by atoms with van der Waals surface area (Å²) in [5.74, 6) is -1.32. The molecule has 1 aromatic carbocycles. The molecule has 1 saturated carbocycles. The molecule has 0 atom stereocenters. The molecule has 0 spiro atoms. The Balaban J connectivity index is 2.69. The fraction of sp³-hybridized carbons (Fsp3) is 0.385. The van der Waals surface area contributed by atoms with Gasteiger partial charge in [0.15, 0.2) is 15.8 Å². The maximum Gasteiger partial charge on any atom is 0.288 e. The highest BCUT2D eigenvalue weighted by molar-refractivity contribution is 7.92. The molecule has 0 saturated heterocycles. The van der Waals surface area contributed by atoms with E-state index in [0.29, 0.717) is 24.8 Å². The number of guanidine groups is 1. The Kier molecular flexibility index (Phi) is 4.37. The largest absolute Gasteiger partial charge is 0.370 e. The monoisotopic (exact) mass is 340 g/mol. The van der Waals surface area contributed by atoms with Gasteiger partial charge in [0, 0.05) is 6.07 Å². The Bertz CT molecular complexity index is 808. The van der Waals surface area contributed by atoms with Gasteiger partial charge in [-0.15, -0.1) is 0 Å². The molecule has 0 unspecified atom stereocenters. The van der Waals surface area contributed by atoms with Crippen LogP contribution >= 0.6 is 0 Å². The first-order chi connectivity index (χ1) is 10.7. The second-order valence-electron chi connectivity index (χ2n) is 5.17. The molecule has 4 N–H and O–H groups in total. The van der Waals surface area contributed by atoms with Gasteiger partial charge in [0.05, 0.1) is 15.7 Å². The molecule has 2 rings (SSSR count). The van der Waals surface area contributed by atoms with Gasteiger partial charge in [-0.3, -0.25) is 14.9 Å². The highest BCUT2D eigenvalue weighted by atomic mass is 32.2. The van der Waals surface area contributed by atoms with Crippen molar-refractivity contribution in [2.75, 3.05) is 0 Å². The molecule has 0 radical (unpaired) electrons. The van der Waals surface area contributed by atoms with Gasteiger partial charge in [0.2, 0.25) is 0 Å². The fourth-order valence-electron chi connectivity index (χ4n) is 2.21. The van der Waals surface area contributed by atoms with Crippen LogP contribution in [0.1, 0.15) is 35.7 Å². The van der Waals surface area contributed by atoms with Gasteiger partial charge < -0.3 is 11.5 Å². The minimum atomic E-state index is -3.78. The predicted molar refractivity (Wildman–Crippen MR) is 82.8 cm³/mol. The molecule has 0 aromatic heterocycles. The van der Waals surface area contributed by atoms with Crippen LogP contribution in [-0.2, 0) is 16.3 Å². The molecule has 9 nitrogen and oxygen atoms in total. The van der Waals surface area contributed by atoms with Crippen molar-refractivity contribution in [3.05, 3.63) is 33.4 Å². The molecule has 0 heterocycles. The lowest BCUT2D eigenvalue weighted by atomic mass is 10.0. The number of nitrogens with two attached hydrogens (primary N) is 2. The van der Waals surface area contributed by atoms with Crippen molar-refractivity contribution < 1.29 is 18.1 Å². The summed E-state index contributed by atoms with van der Waals surface area (Å²) in [4.78, 5) is 25.4. The number of nitro groups is 1. The molecule has 23 heavy (non-hydrogen) atoms. The van der Waals surface area contributed by atoms with E-state index in [1.807, 2.05) is 0 Å². The third-order valence-corrected chi connectivity index (χ3v) is 5.78. The Labute approximate surface area is 132 Å². The quantitative estimate of drug-likeness (QED) is 0.342. The van der Waals surface area contributed by atoms with Crippen LogP contribution in [0.2, 0.25) is 0 Å². The first kappa shape index (κ1) is 16.9. The van der Waals surface area contributed by atoms with E-state index < -0.39 is 37.6 Å². The van der Waals surface area contributed by atoms with E-state index in [2.05, 4.69) is 4.99 Å². The van der Waals surface area contributed by atoms with Crippen molar-refractivity contribution in [1.29, 1.82) is 0 Å². The van der Waals surface area contributed by atoms with Crippen LogP contribution in [0.5, 0.6) is 0 Å². The van der Waals surface area contributed by atoms with E-state index in [1.54, 1.807) is 6.92 Å². The smallest absolute Gasteiger partial charge is 0.288 e. The van der Waals surface area contributed by atoms with Gasteiger partial charge in [0.25, 0.3) is 11.6 Å². The summed E-state index contributed by atoms with van der Waals surface area (Å²) in [6.07, 6.45) is 1.26. The number of hydrogen-bond acceptors (Lipinski definition) is 5. The average molecular weight is 340 g/mol. The minimum Gasteiger partial charge on any atom is -0.370 e. The SMILES string of the molecule is CCc1cc(S(=O)(=O)C2CC2)c([N+](=O)[O-])cc1C(=O)N=C(N)N. The maximum atomic E-state index is 12.4. The van der Waals surface area contributed by atoms with Crippen molar-refractivity contribution in [2.45, 2.75) is 36.3 Å². The lowest BCUT2D eigenvalue weighted by molar-refractivity contribution is -0.387. The van der Waals surface area contributed by atoms with Crippen molar-refractivity contribution in [2.24, 2.45) is 16.5 Å². The van der Waals surface area contributed by atoms with Gasteiger partial charge in [-0.2, -0.15) is 4.99 Å². The number of sulfone groups is 1. The standard InChI is InChI=1S/C13H16N4O5S/c1-2-7-5-11(23(21,22)8-3-4-8)10(17(19)20)6-9(7)12(18)16-13(14)15/h5-6,8H,2-4H2,1H3,(H4,14,15,16,18). The third kappa shape index (κ3) is 3.31. The Morgan fingerprint density at radius 2 is 2.00 bits per heavy atom. The first-order valence-corrected chi connectivity index (χ1v) is 8.42. The summed E-state index contributed by atoms with van der Waals surface area (Å²) in [6, 6.07) is 2.12. The number of rotatable bonds is 5. The zero-order valence-electron chi connectivity index (χ0n) is 12.4.